The summed E-state index contributed by atoms with van der Waals surface area (Å²) < 4.78 is 14.3. The highest BCUT2D eigenvalue weighted by molar-refractivity contribution is 5.93. The van der Waals surface area contributed by atoms with E-state index in [4.69, 9.17) is 5.11 Å². The Morgan fingerprint density at radius 3 is 2.42 bits per heavy atom. The molecule has 1 saturated carbocycles. The second kappa shape index (κ2) is 7.00. The molecule has 0 amide bonds. The van der Waals surface area contributed by atoms with Gasteiger partial charge in [0.15, 0.2) is 0 Å². The number of hydrogen-bond donors (Lipinski definition) is 3. The predicted octanol–water partition coefficient (Wildman–Crippen LogP) is 1.95. The summed E-state index contributed by atoms with van der Waals surface area (Å²) in [5.74, 6) is -1.85. The van der Waals surface area contributed by atoms with Gasteiger partial charge < -0.3 is 20.3 Å². The van der Waals surface area contributed by atoms with Gasteiger partial charge >= 0.3 is 5.97 Å². The van der Waals surface area contributed by atoms with Gasteiger partial charge in [-0.1, -0.05) is 19.3 Å². The number of nitrogens with zero attached hydrogens (tertiary/aromatic N) is 1. The first-order valence-electron chi connectivity index (χ1n) is 8.12. The normalized spacial score (nSPS) is 16.5. The number of fused-ring (bicyclic) bond motifs is 1. The number of carbonyl (C=O) groups is 1. The fourth-order valence-corrected chi connectivity index (χ4v) is 2.54. The number of rotatable bonds is 2. The highest BCUT2D eigenvalue weighted by Crippen LogP contribution is 2.24. The van der Waals surface area contributed by atoms with E-state index >= 15 is 0 Å². The van der Waals surface area contributed by atoms with E-state index in [2.05, 4.69) is 10.3 Å². The molecule has 2 aliphatic rings. The third kappa shape index (κ3) is 3.56. The van der Waals surface area contributed by atoms with Crippen LogP contribution in [0.25, 0.3) is 10.9 Å². The van der Waals surface area contributed by atoms with E-state index in [1.165, 1.54) is 19.3 Å². The Hall–Kier alpha value is -2.41. The molecule has 128 valence electrons. The Morgan fingerprint density at radius 2 is 1.83 bits per heavy atom. The molecule has 2 heterocycles. The molecule has 24 heavy (non-hydrogen) atoms. The van der Waals surface area contributed by atoms with Crippen molar-refractivity contribution < 1.29 is 14.3 Å². The van der Waals surface area contributed by atoms with Crippen LogP contribution in [0.5, 0.6) is 0 Å². The summed E-state index contributed by atoms with van der Waals surface area (Å²) in [6, 6.07) is 2.67. The number of carboxylic acid groups (broad SMARTS) is 1. The molecule has 0 bridgehead atoms. The minimum atomic E-state index is -1.33. The minimum absolute atomic E-state index is 0.0475. The van der Waals surface area contributed by atoms with Crippen molar-refractivity contribution in [3.8, 4) is 0 Å². The Kier molecular flexibility index (Phi) is 4.80. The maximum Gasteiger partial charge on any atom is 0.341 e. The van der Waals surface area contributed by atoms with Gasteiger partial charge in [0.05, 0.1) is 11.2 Å². The lowest BCUT2D eigenvalue weighted by atomic mass is 10.1. The van der Waals surface area contributed by atoms with Gasteiger partial charge in [-0.05, 0) is 12.1 Å². The molecule has 1 saturated heterocycles. The number of nitrogens with one attached hydrogen (secondary N) is 2. The number of carboxylic acids is 1. The number of aromatic amines is 1. The maximum absolute atomic E-state index is 14.3. The third-order valence-corrected chi connectivity index (χ3v) is 3.99. The van der Waals surface area contributed by atoms with Crippen LogP contribution in [-0.4, -0.2) is 42.2 Å². The van der Waals surface area contributed by atoms with Gasteiger partial charge in [-0.3, -0.25) is 4.79 Å². The molecular weight excluding hydrogens is 313 g/mol. The summed E-state index contributed by atoms with van der Waals surface area (Å²) in [5.41, 5.74) is -0.221. The van der Waals surface area contributed by atoms with Crippen LogP contribution < -0.4 is 15.6 Å². The van der Waals surface area contributed by atoms with Crippen LogP contribution in [0, 0.1) is 5.82 Å². The van der Waals surface area contributed by atoms with E-state index in [-0.39, 0.29) is 5.39 Å². The molecule has 4 rings (SSSR count). The van der Waals surface area contributed by atoms with Crippen molar-refractivity contribution in [2.45, 2.75) is 19.3 Å². The first kappa shape index (κ1) is 16.4. The highest BCUT2D eigenvalue weighted by atomic mass is 19.1. The van der Waals surface area contributed by atoms with Crippen molar-refractivity contribution >= 4 is 22.6 Å². The Morgan fingerprint density at radius 1 is 1.17 bits per heavy atom. The van der Waals surface area contributed by atoms with E-state index in [1.54, 1.807) is 6.07 Å². The maximum atomic E-state index is 14.3. The summed E-state index contributed by atoms with van der Waals surface area (Å²) in [6.45, 7) is 2.90. The van der Waals surface area contributed by atoms with Crippen LogP contribution in [0.4, 0.5) is 10.1 Å². The number of piperazine rings is 1. The second-order valence-corrected chi connectivity index (χ2v) is 5.98. The second-order valence-electron chi connectivity index (χ2n) is 5.98. The molecule has 0 unspecified atom stereocenters. The molecule has 1 aliphatic carbocycles. The number of H-pyrrole nitrogens is 1. The number of aromatic nitrogens is 1. The lowest BCUT2D eigenvalue weighted by Crippen LogP contribution is -2.43. The average Bonchev–Trinajstić information content (AvgIpc) is 3.45. The van der Waals surface area contributed by atoms with Crippen LogP contribution in [0.2, 0.25) is 0 Å². The Labute approximate surface area is 138 Å². The number of anilines is 1. The fourth-order valence-electron chi connectivity index (χ4n) is 2.54. The molecule has 6 nitrogen and oxygen atoms in total. The molecule has 1 aromatic carbocycles. The van der Waals surface area contributed by atoms with Crippen molar-refractivity contribution in [2.75, 3.05) is 31.1 Å². The standard InChI is InChI=1S/C14H14FN3O3.C3H6/c15-10-5-8-11(17-7-9(13(8)19)14(20)21)6-12(10)18-3-1-16-2-4-18;1-2-3-1/h5-7,16H,1-4H2,(H,17,19)(H,20,21);1-3H2. The first-order valence-corrected chi connectivity index (χ1v) is 8.12. The monoisotopic (exact) mass is 333 g/mol. The molecule has 0 atom stereocenters. The van der Waals surface area contributed by atoms with Crippen LogP contribution in [0.15, 0.2) is 23.1 Å². The topological polar surface area (TPSA) is 85.4 Å². The van der Waals surface area contributed by atoms with E-state index in [1.807, 2.05) is 4.90 Å². The van der Waals surface area contributed by atoms with Gasteiger partial charge in [0.2, 0.25) is 5.43 Å². The fraction of sp³-hybridized carbons (Fsp3) is 0.412. The largest absolute Gasteiger partial charge is 0.477 e. The average molecular weight is 333 g/mol. The summed E-state index contributed by atoms with van der Waals surface area (Å²) in [6.07, 6.45) is 5.65. The van der Waals surface area contributed by atoms with E-state index in [9.17, 15) is 14.0 Å². The molecular formula is C17H20FN3O3. The number of benzene rings is 1. The minimum Gasteiger partial charge on any atom is -0.477 e. The molecule has 1 aromatic heterocycles. The Bertz CT molecular complexity index is 808. The van der Waals surface area contributed by atoms with Gasteiger partial charge in [-0.15, -0.1) is 0 Å². The highest BCUT2D eigenvalue weighted by Gasteiger charge is 2.18. The van der Waals surface area contributed by atoms with Crippen molar-refractivity contribution in [2.24, 2.45) is 0 Å². The molecule has 1 aliphatic heterocycles. The van der Waals surface area contributed by atoms with Crippen LogP contribution >= 0.6 is 0 Å². The molecule has 0 radical (unpaired) electrons. The number of pyridine rings is 1. The lowest BCUT2D eigenvalue weighted by molar-refractivity contribution is 0.0695. The first-order chi connectivity index (χ1) is 11.6. The lowest BCUT2D eigenvalue weighted by Gasteiger charge is -2.29. The van der Waals surface area contributed by atoms with Crippen LogP contribution in [0.3, 0.4) is 0 Å². The van der Waals surface area contributed by atoms with E-state index in [0.717, 1.165) is 25.4 Å². The zero-order valence-electron chi connectivity index (χ0n) is 13.3. The Balaban J connectivity index is 0.000000508. The summed E-state index contributed by atoms with van der Waals surface area (Å²) in [4.78, 5) is 27.6. The van der Waals surface area contributed by atoms with Gasteiger partial charge in [0.25, 0.3) is 0 Å². The van der Waals surface area contributed by atoms with Gasteiger partial charge in [-0.25, -0.2) is 9.18 Å². The number of aromatic carboxylic acids is 1. The quantitative estimate of drug-likeness (QED) is 0.782. The molecule has 3 N–H and O–H groups in total. The molecule has 0 spiro atoms. The summed E-state index contributed by atoms with van der Waals surface area (Å²) >= 11 is 0. The van der Waals surface area contributed by atoms with Gasteiger partial charge in [0.1, 0.15) is 11.4 Å². The smallest absolute Gasteiger partial charge is 0.341 e. The van der Waals surface area contributed by atoms with Crippen molar-refractivity contribution in [1.82, 2.24) is 10.3 Å². The molecule has 2 aromatic rings. The SMILES string of the molecule is C1CC1.O=C(O)c1c[nH]c2cc(N3CCNCC3)c(F)cc2c1=O. The third-order valence-electron chi connectivity index (χ3n) is 3.99. The van der Waals surface area contributed by atoms with Crippen molar-refractivity contribution in [3.63, 3.8) is 0 Å². The van der Waals surface area contributed by atoms with Crippen LogP contribution in [0.1, 0.15) is 29.6 Å². The zero-order chi connectivity index (χ0) is 17.1. The molecule has 7 heteroatoms. The van der Waals surface area contributed by atoms with Crippen molar-refractivity contribution in [3.05, 3.63) is 39.9 Å². The molecule has 2 fully saturated rings. The van der Waals surface area contributed by atoms with Crippen molar-refractivity contribution in [1.29, 1.82) is 0 Å². The number of hydrogen-bond acceptors (Lipinski definition) is 4. The van der Waals surface area contributed by atoms with E-state index in [0.29, 0.717) is 24.3 Å². The predicted molar refractivity (Wildman–Crippen MR) is 90.4 cm³/mol. The summed E-state index contributed by atoms with van der Waals surface area (Å²) in [7, 11) is 0. The van der Waals surface area contributed by atoms with Gasteiger partial charge in [-0.2, -0.15) is 0 Å². The van der Waals surface area contributed by atoms with E-state index < -0.39 is 22.8 Å². The summed E-state index contributed by atoms with van der Waals surface area (Å²) in [5, 5.41) is 12.2. The zero-order valence-corrected chi connectivity index (χ0v) is 13.3. The van der Waals surface area contributed by atoms with Gasteiger partial charge in [0, 0.05) is 37.8 Å². The number of halogens is 1. The van der Waals surface area contributed by atoms with Crippen LogP contribution in [-0.2, 0) is 0 Å².